The quantitative estimate of drug-likeness (QED) is 0.812. The summed E-state index contributed by atoms with van der Waals surface area (Å²) in [6.45, 7) is 1.56. The van der Waals surface area contributed by atoms with E-state index in [1.807, 2.05) is 0 Å². The molecule has 1 aromatic carbocycles. The van der Waals surface area contributed by atoms with Crippen LogP contribution in [0.3, 0.4) is 0 Å². The Kier molecular flexibility index (Phi) is 4.73. The Morgan fingerprint density at radius 1 is 1.12 bits per heavy atom. The molecular formula is C12H10Br2FNS. The van der Waals surface area contributed by atoms with Gasteiger partial charge in [-0.25, -0.2) is 4.39 Å². The van der Waals surface area contributed by atoms with Gasteiger partial charge in [0.25, 0.3) is 0 Å². The molecule has 0 atom stereocenters. The van der Waals surface area contributed by atoms with Crippen LogP contribution < -0.4 is 5.32 Å². The Balaban J connectivity index is 1.85. The van der Waals surface area contributed by atoms with Crippen LogP contribution in [-0.2, 0) is 13.1 Å². The van der Waals surface area contributed by atoms with Gasteiger partial charge < -0.3 is 5.32 Å². The van der Waals surface area contributed by atoms with E-state index in [2.05, 4.69) is 43.2 Å². The lowest BCUT2D eigenvalue weighted by atomic mass is 10.2. The number of thiophene rings is 1. The van der Waals surface area contributed by atoms with E-state index in [1.165, 1.54) is 17.0 Å². The first-order valence-electron chi connectivity index (χ1n) is 5.04. The average Bonchev–Trinajstić information content (AvgIpc) is 2.61. The Morgan fingerprint density at radius 3 is 2.41 bits per heavy atom. The number of hydrogen-bond acceptors (Lipinski definition) is 2. The van der Waals surface area contributed by atoms with Crippen molar-refractivity contribution in [1.29, 1.82) is 0 Å². The van der Waals surface area contributed by atoms with Crippen LogP contribution in [0.1, 0.15) is 10.4 Å². The van der Waals surface area contributed by atoms with Crippen molar-refractivity contribution in [1.82, 2.24) is 5.32 Å². The fraction of sp³-hybridized carbons (Fsp3) is 0.167. The number of rotatable bonds is 4. The molecule has 0 aliphatic heterocycles. The molecule has 2 rings (SSSR count). The zero-order chi connectivity index (χ0) is 12.3. The predicted octanol–water partition coefficient (Wildman–Crippen LogP) is 4.70. The van der Waals surface area contributed by atoms with Crippen LogP contribution in [0.25, 0.3) is 0 Å². The average molecular weight is 379 g/mol. The molecule has 17 heavy (non-hydrogen) atoms. The van der Waals surface area contributed by atoms with Gasteiger partial charge in [-0.05, 0) is 55.6 Å². The minimum absolute atomic E-state index is 0.195. The lowest BCUT2D eigenvalue weighted by Gasteiger charge is -2.03. The first-order valence-corrected chi connectivity index (χ1v) is 7.44. The second-order valence-electron chi connectivity index (χ2n) is 3.56. The molecule has 0 saturated carbocycles. The van der Waals surface area contributed by atoms with Gasteiger partial charge in [-0.3, -0.25) is 0 Å². The summed E-state index contributed by atoms with van der Waals surface area (Å²) in [5, 5.41) is 3.32. The normalized spacial score (nSPS) is 10.8. The first-order chi connectivity index (χ1) is 8.15. The highest BCUT2D eigenvalue weighted by molar-refractivity contribution is 9.13. The van der Waals surface area contributed by atoms with Gasteiger partial charge >= 0.3 is 0 Å². The summed E-state index contributed by atoms with van der Waals surface area (Å²) in [4.78, 5) is 1.26. The molecule has 0 unspecified atom stereocenters. The van der Waals surface area contributed by atoms with Crippen molar-refractivity contribution in [3.63, 3.8) is 0 Å². The van der Waals surface area contributed by atoms with Crippen molar-refractivity contribution in [2.24, 2.45) is 0 Å². The Morgan fingerprint density at radius 2 is 1.82 bits per heavy atom. The molecule has 1 nitrogen and oxygen atoms in total. The minimum Gasteiger partial charge on any atom is -0.308 e. The van der Waals surface area contributed by atoms with Crippen molar-refractivity contribution >= 4 is 43.2 Å². The third-order valence-corrected chi connectivity index (χ3v) is 5.49. The van der Waals surface area contributed by atoms with Gasteiger partial charge in [-0.15, -0.1) is 11.3 Å². The van der Waals surface area contributed by atoms with Crippen LogP contribution in [-0.4, -0.2) is 0 Å². The van der Waals surface area contributed by atoms with E-state index in [0.717, 1.165) is 26.9 Å². The SMILES string of the molecule is Fc1ccc(CNCc2cc(Br)c(Br)s2)cc1. The van der Waals surface area contributed by atoms with Crippen molar-refractivity contribution in [2.45, 2.75) is 13.1 Å². The Labute approximate surface area is 120 Å². The summed E-state index contributed by atoms with van der Waals surface area (Å²) in [5.41, 5.74) is 1.08. The van der Waals surface area contributed by atoms with Crippen LogP contribution in [0.2, 0.25) is 0 Å². The summed E-state index contributed by atoms with van der Waals surface area (Å²) < 4.78 is 14.9. The van der Waals surface area contributed by atoms with Gasteiger partial charge in [0.15, 0.2) is 0 Å². The van der Waals surface area contributed by atoms with Gasteiger partial charge in [-0.1, -0.05) is 12.1 Å². The van der Waals surface area contributed by atoms with E-state index < -0.39 is 0 Å². The largest absolute Gasteiger partial charge is 0.308 e. The molecule has 0 aliphatic carbocycles. The van der Waals surface area contributed by atoms with Crippen LogP contribution in [0.5, 0.6) is 0 Å². The topological polar surface area (TPSA) is 12.0 Å². The maximum Gasteiger partial charge on any atom is 0.123 e. The third-order valence-electron chi connectivity index (χ3n) is 2.24. The van der Waals surface area contributed by atoms with E-state index in [-0.39, 0.29) is 5.82 Å². The lowest BCUT2D eigenvalue weighted by molar-refractivity contribution is 0.625. The minimum atomic E-state index is -0.195. The summed E-state index contributed by atoms with van der Waals surface area (Å²) in [7, 11) is 0. The van der Waals surface area contributed by atoms with Crippen LogP contribution in [0.4, 0.5) is 4.39 Å². The summed E-state index contributed by atoms with van der Waals surface area (Å²) >= 11 is 8.62. The molecule has 90 valence electrons. The fourth-order valence-corrected chi connectivity index (χ4v) is 3.56. The van der Waals surface area contributed by atoms with E-state index in [1.54, 1.807) is 23.5 Å². The maximum atomic E-state index is 12.7. The molecule has 0 radical (unpaired) electrons. The molecule has 0 aliphatic rings. The predicted molar refractivity (Wildman–Crippen MR) is 76.7 cm³/mol. The summed E-state index contributed by atoms with van der Waals surface area (Å²) in [6.07, 6.45) is 0. The molecule has 0 bridgehead atoms. The highest BCUT2D eigenvalue weighted by atomic mass is 79.9. The first kappa shape index (κ1) is 13.2. The third kappa shape index (κ3) is 3.88. The number of hydrogen-bond donors (Lipinski definition) is 1. The molecule has 0 amide bonds. The highest BCUT2D eigenvalue weighted by Crippen LogP contribution is 2.32. The second kappa shape index (κ2) is 6.09. The molecule has 1 heterocycles. The molecule has 5 heteroatoms. The van der Waals surface area contributed by atoms with Crippen molar-refractivity contribution in [2.75, 3.05) is 0 Å². The molecule has 0 fully saturated rings. The van der Waals surface area contributed by atoms with Crippen LogP contribution >= 0.6 is 43.2 Å². The zero-order valence-electron chi connectivity index (χ0n) is 8.84. The smallest absolute Gasteiger partial charge is 0.123 e. The van der Waals surface area contributed by atoms with Crippen LogP contribution in [0, 0.1) is 5.82 Å². The summed E-state index contributed by atoms with van der Waals surface area (Å²) in [6, 6.07) is 8.64. The Hall–Kier alpha value is -0.230. The molecule has 0 saturated heterocycles. The van der Waals surface area contributed by atoms with E-state index >= 15 is 0 Å². The lowest BCUT2D eigenvalue weighted by Crippen LogP contribution is -2.11. The molecule has 2 aromatic rings. The van der Waals surface area contributed by atoms with Gasteiger partial charge in [0, 0.05) is 22.4 Å². The standard InChI is InChI=1S/C12H10Br2FNS/c13-11-5-10(17-12(11)14)7-16-6-8-1-3-9(15)4-2-8/h1-5,16H,6-7H2. The van der Waals surface area contributed by atoms with E-state index in [0.29, 0.717) is 0 Å². The van der Waals surface area contributed by atoms with E-state index in [9.17, 15) is 4.39 Å². The Bertz CT molecular complexity index is 476. The van der Waals surface area contributed by atoms with Gasteiger partial charge in [0.2, 0.25) is 0 Å². The highest BCUT2D eigenvalue weighted by Gasteiger charge is 2.03. The number of nitrogens with one attached hydrogen (secondary N) is 1. The number of benzene rings is 1. The maximum absolute atomic E-state index is 12.7. The molecular weight excluding hydrogens is 369 g/mol. The van der Waals surface area contributed by atoms with E-state index in [4.69, 9.17) is 0 Å². The summed E-state index contributed by atoms with van der Waals surface area (Å²) in [5.74, 6) is -0.195. The van der Waals surface area contributed by atoms with Crippen LogP contribution in [0.15, 0.2) is 38.6 Å². The number of halogens is 3. The van der Waals surface area contributed by atoms with Crippen molar-refractivity contribution in [3.05, 3.63) is 54.8 Å². The second-order valence-corrected chi connectivity index (χ2v) is 6.87. The molecule has 0 spiro atoms. The van der Waals surface area contributed by atoms with Gasteiger partial charge in [-0.2, -0.15) is 0 Å². The monoisotopic (exact) mass is 377 g/mol. The fourth-order valence-electron chi connectivity index (χ4n) is 1.41. The molecule has 1 aromatic heterocycles. The van der Waals surface area contributed by atoms with Crippen molar-refractivity contribution < 1.29 is 4.39 Å². The molecule has 1 N–H and O–H groups in total. The zero-order valence-corrected chi connectivity index (χ0v) is 12.8. The van der Waals surface area contributed by atoms with Crippen molar-refractivity contribution in [3.8, 4) is 0 Å². The van der Waals surface area contributed by atoms with Gasteiger partial charge in [0.1, 0.15) is 5.82 Å². The van der Waals surface area contributed by atoms with Gasteiger partial charge in [0.05, 0.1) is 3.79 Å².